The largest absolute Gasteiger partial charge is 0.402 e. The smallest absolute Gasteiger partial charge is 0.317 e. The summed E-state index contributed by atoms with van der Waals surface area (Å²) in [7, 11) is 0. The molecule has 1 unspecified atom stereocenters. The number of hydrogen-bond acceptors (Lipinski definition) is 9. The molecule has 1 atom stereocenters. The number of halogens is 2. The Morgan fingerprint density at radius 1 is 1.03 bits per heavy atom. The summed E-state index contributed by atoms with van der Waals surface area (Å²) >= 11 is 0. The van der Waals surface area contributed by atoms with E-state index in [1.54, 1.807) is 6.07 Å². The SMILES string of the molecule is O=C1Nc2ccccc2C(c2ccccc2)=NC1Nc1nnc(-c2ncc(C(F)F)cc2N2CCOCC2)o1. The van der Waals surface area contributed by atoms with E-state index < -0.39 is 18.5 Å². The first-order valence-electron chi connectivity index (χ1n) is 12.3. The molecule has 0 aliphatic carbocycles. The van der Waals surface area contributed by atoms with E-state index in [0.29, 0.717) is 43.4 Å². The van der Waals surface area contributed by atoms with Gasteiger partial charge < -0.3 is 24.7 Å². The third kappa shape index (κ3) is 5.06. The first kappa shape index (κ1) is 24.6. The summed E-state index contributed by atoms with van der Waals surface area (Å²) in [6, 6.07) is 18.2. The summed E-state index contributed by atoms with van der Waals surface area (Å²) in [6.45, 7) is 1.91. The molecular weight excluding hydrogens is 508 g/mol. The van der Waals surface area contributed by atoms with Gasteiger partial charge in [-0.15, -0.1) is 5.10 Å². The lowest BCUT2D eigenvalue weighted by atomic mass is 10.0. The van der Waals surface area contributed by atoms with Crippen molar-refractivity contribution < 1.29 is 22.7 Å². The number of alkyl halides is 2. The van der Waals surface area contributed by atoms with Crippen LogP contribution in [-0.2, 0) is 9.53 Å². The molecule has 4 heterocycles. The zero-order valence-electron chi connectivity index (χ0n) is 20.6. The second-order valence-electron chi connectivity index (χ2n) is 8.87. The molecular formula is C27H23F2N7O3. The van der Waals surface area contributed by atoms with Crippen molar-refractivity contribution in [3.8, 4) is 11.6 Å². The van der Waals surface area contributed by atoms with Crippen molar-refractivity contribution in [1.29, 1.82) is 0 Å². The Bertz CT molecular complexity index is 1520. The molecule has 39 heavy (non-hydrogen) atoms. The van der Waals surface area contributed by atoms with Gasteiger partial charge in [-0.1, -0.05) is 53.6 Å². The Morgan fingerprint density at radius 3 is 2.59 bits per heavy atom. The first-order chi connectivity index (χ1) is 19.1. The van der Waals surface area contributed by atoms with Crippen LogP contribution in [0.25, 0.3) is 11.6 Å². The number of morpholine rings is 1. The fourth-order valence-corrected chi connectivity index (χ4v) is 4.47. The summed E-state index contributed by atoms with van der Waals surface area (Å²) in [5.74, 6) is -0.397. The van der Waals surface area contributed by atoms with Crippen LogP contribution in [0.1, 0.15) is 23.1 Å². The zero-order valence-corrected chi connectivity index (χ0v) is 20.6. The van der Waals surface area contributed by atoms with Gasteiger partial charge in [-0.25, -0.2) is 18.8 Å². The maximum absolute atomic E-state index is 13.4. The zero-order chi connectivity index (χ0) is 26.8. The lowest BCUT2D eigenvalue weighted by Gasteiger charge is -2.29. The maximum atomic E-state index is 13.4. The normalized spacial score (nSPS) is 17.3. The fourth-order valence-electron chi connectivity index (χ4n) is 4.47. The highest BCUT2D eigenvalue weighted by atomic mass is 19.3. The molecule has 2 aromatic heterocycles. The van der Waals surface area contributed by atoms with Crippen LogP contribution in [-0.4, -0.2) is 59.3 Å². The summed E-state index contributed by atoms with van der Waals surface area (Å²) in [4.78, 5) is 23.9. The number of nitrogens with zero attached hydrogens (tertiary/aromatic N) is 5. The van der Waals surface area contributed by atoms with E-state index in [-0.39, 0.29) is 23.2 Å². The van der Waals surface area contributed by atoms with E-state index in [0.717, 1.165) is 17.3 Å². The Labute approximate surface area is 221 Å². The van der Waals surface area contributed by atoms with Crippen molar-refractivity contribution >= 4 is 29.0 Å². The van der Waals surface area contributed by atoms with E-state index in [9.17, 15) is 13.6 Å². The summed E-state index contributed by atoms with van der Waals surface area (Å²) in [5, 5.41) is 13.9. The van der Waals surface area contributed by atoms with Crippen LogP contribution in [0, 0.1) is 0 Å². The van der Waals surface area contributed by atoms with Crippen molar-refractivity contribution in [1.82, 2.24) is 15.2 Å². The highest BCUT2D eigenvalue weighted by Crippen LogP contribution is 2.33. The van der Waals surface area contributed by atoms with Crippen molar-refractivity contribution in [2.24, 2.45) is 4.99 Å². The average molecular weight is 532 g/mol. The number of rotatable bonds is 6. The molecule has 1 saturated heterocycles. The molecule has 0 bridgehead atoms. The first-order valence-corrected chi connectivity index (χ1v) is 12.3. The standard InChI is InChI=1S/C27H23F2N7O3/c28-23(29)17-14-20(36-10-12-38-13-11-36)22(30-15-17)26-34-35-27(39-26)33-24-25(37)31-19-9-5-4-8-18(19)21(32-24)16-6-2-1-3-7-16/h1-9,14-15,23-24H,10-13H2,(H,31,37)(H,33,35). The number of para-hydroxylation sites is 1. The Kier molecular flexibility index (Phi) is 6.68. The van der Waals surface area contributed by atoms with Gasteiger partial charge in [-0.05, 0) is 12.1 Å². The van der Waals surface area contributed by atoms with Crippen molar-refractivity contribution in [3.05, 3.63) is 83.6 Å². The fraction of sp³-hybridized carbons (Fsp3) is 0.222. The molecule has 6 rings (SSSR count). The van der Waals surface area contributed by atoms with Gasteiger partial charge in [0.05, 0.1) is 30.3 Å². The number of pyridine rings is 1. The number of carbonyl (C=O) groups excluding carboxylic acids is 1. The molecule has 0 saturated carbocycles. The number of amides is 1. The van der Waals surface area contributed by atoms with Crippen LogP contribution in [0.15, 0.2) is 76.3 Å². The molecule has 2 aromatic carbocycles. The Hall–Kier alpha value is -4.71. The molecule has 198 valence electrons. The number of benzodiazepines with no additional fused rings is 1. The molecule has 12 heteroatoms. The molecule has 10 nitrogen and oxygen atoms in total. The molecule has 2 N–H and O–H groups in total. The lowest BCUT2D eigenvalue weighted by Crippen LogP contribution is -2.36. The third-order valence-corrected chi connectivity index (χ3v) is 6.37. The van der Waals surface area contributed by atoms with Gasteiger partial charge in [0.1, 0.15) is 0 Å². The van der Waals surface area contributed by atoms with Crippen LogP contribution in [0.5, 0.6) is 0 Å². The number of nitrogens with one attached hydrogen (secondary N) is 2. The number of ether oxygens (including phenoxy) is 1. The number of benzene rings is 2. The molecule has 0 radical (unpaired) electrons. The maximum Gasteiger partial charge on any atom is 0.317 e. The predicted molar refractivity (Wildman–Crippen MR) is 140 cm³/mol. The number of fused-ring (bicyclic) bond motifs is 1. The minimum atomic E-state index is -2.68. The van der Waals surface area contributed by atoms with Crippen LogP contribution in [0.4, 0.5) is 26.2 Å². The lowest BCUT2D eigenvalue weighted by molar-refractivity contribution is -0.116. The van der Waals surface area contributed by atoms with Crippen LogP contribution < -0.4 is 15.5 Å². The summed E-state index contributed by atoms with van der Waals surface area (Å²) < 4.78 is 38.1. The van der Waals surface area contributed by atoms with Crippen molar-refractivity contribution in [2.45, 2.75) is 12.6 Å². The van der Waals surface area contributed by atoms with Crippen molar-refractivity contribution in [3.63, 3.8) is 0 Å². The van der Waals surface area contributed by atoms with Gasteiger partial charge in [0.2, 0.25) is 6.17 Å². The molecule has 0 spiro atoms. The van der Waals surface area contributed by atoms with Gasteiger partial charge in [0, 0.05) is 36.0 Å². The monoisotopic (exact) mass is 531 g/mol. The van der Waals surface area contributed by atoms with Crippen molar-refractivity contribution in [2.75, 3.05) is 41.8 Å². The predicted octanol–water partition coefficient (Wildman–Crippen LogP) is 4.13. The highest BCUT2D eigenvalue weighted by molar-refractivity contribution is 6.19. The Morgan fingerprint density at radius 2 is 1.79 bits per heavy atom. The van der Waals surface area contributed by atoms with Gasteiger partial charge in [-0.2, -0.15) is 0 Å². The topological polar surface area (TPSA) is 118 Å². The van der Waals surface area contributed by atoms with Crippen LogP contribution >= 0.6 is 0 Å². The van der Waals surface area contributed by atoms with E-state index in [1.807, 2.05) is 53.4 Å². The molecule has 2 aliphatic rings. The average Bonchev–Trinajstić information content (AvgIpc) is 3.39. The molecule has 1 fully saturated rings. The second-order valence-corrected chi connectivity index (χ2v) is 8.87. The van der Waals surface area contributed by atoms with E-state index in [2.05, 4.69) is 25.8 Å². The van der Waals surface area contributed by atoms with Gasteiger partial charge >= 0.3 is 6.01 Å². The number of anilines is 3. The molecule has 2 aliphatic heterocycles. The quantitative estimate of drug-likeness (QED) is 0.381. The minimum absolute atomic E-state index is 0.0180. The minimum Gasteiger partial charge on any atom is -0.402 e. The number of hydrogen-bond donors (Lipinski definition) is 2. The second kappa shape index (κ2) is 10.6. The summed E-state index contributed by atoms with van der Waals surface area (Å²) in [5.41, 5.74) is 3.32. The van der Waals surface area contributed by atoms with Crippen LogP contribution in [0.2, 0.25) is 0 Å². The number of aromatic nitrogens is 3. The van der Waals surface area contributed by atoms with E-state index in [1.165, 1.54) is 6.07 Å². The van der Waals surface area contributed by atoms with E-state index >= 15 is 0 Å². The molecule has 4 aromatic rings. The summed E-state index contributed by atoms with van der Waals surface area (Å²) in [6.07, 6.45) is -2.68. The number of aliphatic imine (C=N–C) groups is 1. The highest BCUT2D eigenvalue weighted by Gasteiger charge is 2.28. The number of carbonyl (C=O) groups is 1. The molecule has 1 amide bonds. The Balaban J connectivity index is 1.33. The van der Waals surface area contributed by atoms with Gasteiger partial charge in [0.25, 0.3) is 18.2 Å². The van der Waals surface area contributed by atoms with Gasteiger partial charge in [-0.3, -0.25) is 4.79 Å². The van der Waals surface area contributed by atoms with Gasteiger partial charge in [0.15, 0.2) is 5.69 Å². The third-order valence-electron chi connectivity index (χ3n) is 6.37. The van der Waals surface area contributed by atoms with E-state index in [4.69, 9.17) is 14.1 Å². The van der Waals surface area contributed by atoms with Crippen LogP contribution in [0.3, 0.4) is 0 Å².